The van der Waals surface area contributed by atoms with Crippen molar-refractivity contribution in [3.05, 3.63) is 90.0 Å². The highest BCUT2D eigenvalue weighted by molar-refractivity contribution is 6.01. The fraction of sp³-hybridized carbons (Fsp3) is 0.0909. The lowest BCUT2D eigenvalue weighted by Gasteiger charge is -2.09. The van der Waals surface area contributed by atoms with E-state index in [1.807, 2.05) is 6.07 Å². The Hall–Kier alpha value is -3.00. The van der Waals surface area contributed by atoms with Crippen LogP contribution in [0.1, 0.15) is 11.1 Å². The summed E-state index contributed by atoms with van der Waals surface area (Å²) in [5.41, 5.74) is 7.23. The van der Waals surface area contributed by atoms with Crippen LogP contribution < -0.4 is 5.32 Å². The van der Waals surface area contributed by atoms with Gasteiger partial charge in [0.15, 0.2) is 0 Å². The molecule has 4 aromatic rings. The van der Waals surface area contributed by atoms with Crippen molar-refractivity contribution in [1.82, 2.24) is 4.98 Å². The Morgan fingerprint density at radius 3 is 2.29 bits per heavy atom. The minimum absolute atomic E-state index is 0.808. The number of hydrogen-bond acceptors (Lipinski definition) is 1. The molecule has 2 nitrogen and oxygen atoms in total. The van der Waals surface area contributed by atoms with Crippen LogP contribution in [0.3, 0.4) is 0 Å². The number of fused-ring (bicyclic) bond motifs is 1. The van der Waals surface area contributed by atoms with Crippen LogP contribution >= 0.6 is 0 Å². The van der Waals surface area contributed by atoms with Crippen LogP contribution in [0.5, 0.6) is 0 Å². The highest BCUT2D eigenvalue weighted by Crippen LogP contribution is 2.35. The number of para-hydroxylation sites is 1. The van der Waals surface area contributed by atoms with Gasteiger partial charge in [-0.1, -0.05) is 78.4 Å². The third-order valence-electron chi connectivity index (χ3n) is 4.36. The largest absolute Gasteiger partial charge is 0.379 e. The lowest BCUT2D eigenvalue weighted by molar-refractivity contribution is 1.15. The second-order valence-electron chi connectivity index (χ2n) is 6.13. The van der Waals surface area contributed by atoms with Crippen molar-refractivity contribution < 1.29 is 0 Å². The topological polar surface area (TPSA) is 27.8 Å². The molecule has 1 heterocycles. The summed E-state index contributed by atoms with van der Waals surface area (Å²) in [5.74, 6) is 0. The van der Waals surface area contributed by atoms with Gasteiger partial charge in [0.05, 0.1) is 11.4 Å². The molecule has 1 aromatic heterocycles. The van der Waals surface area contributed by atoms with Crippen LogP contribution in [0.2, 0.25) is 0 Å². The van der Waals surface area contributed by atoms with Gasteiger partial charge in [-0.3, -0.25) is 0 Å². The molecule has 4 rings (SSSR count). The van der Waals surface area contributed by atoms with Crippen LogP contribution in [-0.2, 0) is 6.54 Å². The Kier molecular flexibility index (Phi) is 3.80. The predicted molar refractivity (Wildman–Crippen MR) is 102 cm³/mol. The van der Waals surface area contributed by atoms with E-state index in [9.17, 15) is 0 Å². The highest BCUT2D eigenvalue weighted by Gasteiger charge is 2.12. The van der Waals surface area contributed by atoms with Crippen LogP contribution in [0, 0.1) is 6.92 Å². The Bertz CT molecular complexity index is 950. The average molecular weight is 312 g/mol. The first-order valence-corrected chi connectivity index (χ1v) is 8.27. The SMILES string of the molecule is Cc1ccc(CNc2c(-c3ccccc3)[nH]c3ccccc23)cc1. The molecular weight excluding hydrogens is 292 g/mol. The molecule has 0 aliphatic heterocycles. The van der Waals surface area contributed by atoms with Gasteiger partial charge >= 0.3 is 0 Å². The van der Waals surface area contributed by atoms with Crippen LogP contribution in [0.25, 0.3) is 22.2 Å². The van der Waals surface area contributed by atoms with E-state index in [-0.39, 0.29) is 0 Å². The molecule has 0 spiro atoms. The summed E-state index contributed by atoms with van der Waals surface area (Å²) >= 11 is 0. The van der Waals surface area contributed by atoms with Gasteiger partial charge in [0.2, 0.25) is 0 Å². The molecule has 118 valence electrons. The van der Waals surface area contributed by atoms with Gasteiger partial charge in [0.25, 0.3) is 0 Å². The number of hydrogen-bond donors (Lipinski definition) is 2. The minimum Gasteiger partial charge on any atom is -0.379 e. The quantitative estimate of drug-likeness (QED) is 0.493. The number of aromatic nitrogens is 1. The molecule has 3 aromatic carbocycles. The smallest absolute Gasteiger partial charge is 0.0700 e. The number of rotatable bonds is 4. The molecule has 0 atom stereocenters. The van der Waals surface area contributed by atoms with Crippen LogP contribution in [-0.4, -0.2) is 4.98 Å². The van der Waals surface area contributed by atoms with Crippen molar-refractivity contribution in [2.45, 2.75) is 13.5 Å². The molecule has 0 saturated carbocycles. The van der Waals surface area contributed by atoms with Gasteiger partial charge in [-0.15, -0.1) is 0 Å². The van der Waals surface area contributed by atoms with Gasteiger partial charge in [0.1, 0.15) is 0 Å². The zero-order valence-corrected chi connectivity index (χ0v) is 13.7. The maximum absolute atomic E-state index is 3.64. The number of anilines is 1. The maximum atomic E-state index is 3.64. The van der Waals surface area contributed by atoms with E-state index >= 15 is 0 Å². The van der Waals surface area contributed by atoms with Crippen LogP contribution in [0.4, 0.5) is 5.69 Å². The van der Waals surface area contributed by atoms with Gasteiger partial charge in [-0.2, -0.15) is 0 Å². The van der Waals surface area contributed by atoms with E-state index < -0.39 is 0 Å². The van der Waals surface area contributed by atoms with E-state index in [4.69, 9.17) is 0 Å². The third-order valence-corrected chi connectivity index (χ3v) is 4.36. The van der Waals surface area contributed by atoms with Gasteiger partial charge < -0.3 is 10.3 Å². The standard InChI is InChI=1S/C22H20N2/c1-16-11-13-17(14-12-16)15-23-22-19-9-5-6-10-20(19)24-21(22)18-7-3-2-4-8-18/h2-14,23-24H,15H2,1H3. The first-order chi connectivity index (χ1) is 11.8. The molecule has 0 amide bonds. The fourth-order valence-electron chi connectivity index (χ4n) is 3.04. The van der Waals surface area contributed by atoms with E-state index in [0.29, 0.717) is 0 Å². The van der Waals surface area contributed by atoms with Crippen LogP contribution in [0.15, 0.2) is 78.9 Å². The number of nitrogens with one attached hydrogen (secondary N) is 2. The molecule has 24 heavy (non-hydrogen) atoms. The maximum Gasteiger partial charge on any atom is 0.0700 e. The molecule has 2 N–H and O–H groups in total. The Morgan fingerprint density at radius 2 is 1.50 bits per heavy atom. The first-order valence-electron chi connectivity index (χ1n) is 8.27. The minimum atomic E-state index is 0.808. The van der Waals surface area contributed by atoms with Crippen molar-refractivity contribution in [1.29, 1.82) is 0 Å². The van der Waals surface area contributed by atoms with Crippen molar-refractivity contribution in [3.8, 4) is 11.3 Å². The molecule has 0 aliphatic carbocycles. The Balaban J connectivity index is 1.74. The second-order valence-corrected chi connectivity index (χ2v) is 6.13. The van der Waals surface area contributed by atoms with E-state index in [0.717, 1.165) is 23.4 Å². The Labute approximate surface area is 142 Å². The number of H-pyrrole nitrogens is 1. The zero-order chi connectivity index (χ0) is 16.4. The van der Waals surface area contributed by atoms with Gasteiger partial charge in [-0.05, 0) is 18.6 Å². The monoisotopic (exact) mass is 312 g/mol. The van der Waals surface area contributed by atoms with E-state index in [2.05, 4.69) is 90.0 Å². The molecule has 0 radical (unpaired) electrons. The fourth-order valence-corrected chi connectivity index (χ4v) is 3.04. The van der Waals surface area contributed by atoms with Crippen molar-refractivity contribution in [2.24, 2.45) is 0 Å². The zero-order valence-electron chi connectivity index (χ0n) is 13.7. The predicted octanol–water partition coefficient (Wildman–Crippen LogP) is 5.76. The average Bonchev–Trinajstić information content (AvgIpc) is 3.01. The van der Waals surface area contributed by atoms with E-state index in [1.165, 1.54) is 22.1 Å². The van der Waals surface area contributed by atoms with Crippen molar-refractivity contribution in [3.63, 3.8) is 0 Å². The lowest BCUT2D eigenvalue weighted by Crippen LogP contribution is -2.00. The second kappa shape index (κ2) is 6.25. The number of aromatic amines is 1. The third kappa shape index (κ3) is 2.79. The summed E-state index contributed by atoms with van der Waals surface area (Å²) in [5, 5.41) is 4.86. The first kappa shape index (κ1) is 14.6. The lowest BCUT2D eigenvalue weighted by atomic mass is 10.1. The number of aryl methyl sites for hydroxylation is 1. The molecule has 0 fully saturated rings. The normalized spacial score (nSPS) is 10.9. The summed E-state index contributed by atoms with van der Waals surface area (Å²) in [6, 6.07) is 27.6. The van der Waals surface area contributed by atoms with Crippen molar-refractivity contribution >= 4 is 16.6 Å². The molecule has 0 saturated heterocycles. The van der Waals surface area contributed by atoms with Gasteiger partial charge in [0, 0.05) is 23.0 Å². The van der Waals surface area contributed by atoms with Crippen molar-refractivity contribution in [2.75, 3.05) is 5.32 Å². The molecular formula is C22H20N2. The summed E-state index contributed by atoms with van der Waals surface area (Å²) in [6.45, 7) is 2.92. The summed E-state index contributed by atoms with van der Waals surface area (Å²) in [6.07, 6.45) is 0. The Morgan fingerprint density at radius 1 is 0.792 bits per heavy atom. The number of benzene rings is 3. The summed E-state index contributed by atoms with van der Waals surface area (Å²) < 4.78 is 0. The molecule has 2 heteroatoms. The molecule has 0 bridgehead atoms. The highest BCUT2D eigenvalue weighted by atomic mass is 14.9. The summed E-state index contributed by atoms with van der Waals surface area (Å²) in [7, 11) is 0. The molecule has 0 unspecified atom stereocenters. The summed E-state index contributed by atoms with van der Waals surface area (Å²) in [4.78, 5) is 3.56. The van der Waals surface area contributed by atoms with Gasteiger partial charge in [-0.25, -0.2) is 0 Å². The van der Waals surface area contributed by atoms with E-state index in [1.54, 1.807) is 0 Å². The molecule has 0 aliphatic rings.